The molecule has 0 atom stereocenters. The second-order valence-electron chi connectivity index (χ2n) is 7.69. The van der Waals surface area contributed by atoms with Crippen LogP contribution in [0.25, 0.3) is 11.4 Å². The van der Waals surface area contributed by atoms with Gasteiger partial charge in [-0.3, -0.25) is 15.6 Å². The summed E-state index contributed by atoms with van der Waals surface area (Å²) in [7, 11) is -1.89. The van der Waals surface area contributed by atoms with Gasteiger partial charge in [0.25, 0.3) is 0 Å². The molecular formula is C22H25N5O5S. The van der Waals surface area contributed by atoms with Crippen LogP contribution in [0.5, 0.6) is 5.75 Å². The van der Waals surface area contributed by atoms with E-state index in [1.54, 1.807) is 19.2 Å². The number of amides is 1. The molecule has 1 heterocycles. The number of hydrogen-bond acceptors (Lipinski definition) is 8. The molecule has 1 aliphatic rings. The summed E-state index contributed by atoms with van der Waals surface area (Å²) >= 11 is 0. The molecule has 1 aliphatic carbocycles. The second-order valence-corrected chi connectivity index (χ2v) is 9.40. The minimum atomic E-state index is -3.49. The van der Waals surface area contributed by atoms with Gasteiger partial charge < -0.3 is 9.26 Å². The van der Waals surface area contributed by atoms with Crippen LogP contribution in [-0.4, -0.2) is 37.6 Å². The summed E-state index contributed by atoms with van der Waals surface area (Å²) < 4.78 is 37.4. The summed E-state index contributed by atoms with van der Waals surface area (Å²) in [6.45, 7) is 0. The average molecular weight is 472 g/mol. The maximum absolute atomic E-state index is 12.2. The number of aryl methyl sites for hydroxylation is 1. The lowest BCUT2D eigenvalue weighted by atomic mass is 10.2. The van der Waals surface area contributed by atoms with Crippen molar-refractivity contribution in [1.29, 1.82) is 0 Å². The van der Waals surface area contributed by atoms with E-state index in [0.29, 0.717) is 30.2 Å². The Morgan fingerprint density at radius 3 is 2.52 bits per heavy atom. The van der Waals surface area contributed by atoms with Crippen molar-refractivity contribution in [2.45, 2.75) is 43.0 Å². The van der Waals surface area contributed by atoms with E-state index in [2.05, 4.69) is 25.7 Å². The molecule has 11 heteroatoms. The molecule has 0 spiro atoms. The maximum atomic E-state index is 12.2. The van der Waals surface area contributed by atoms with Crippen molar-refractivity contribution in [2.24, 2.45) is 0 Å². The van der Waals surface area contributed by atoms with Gasteiger partial charge in [-0.2, -0.15) is 4.98 Å². The van der Waals surface area contributed by atoms with Crippen molar-refractivity contribution in [1.82, 2.24) is 20.3 Å². The topological polar surface area (TPSA) is 135 Å². The van der Waals surface area contributed by atoms with E-state index in [1.807, 2.05) is 24.3 Å². The maximum Gasteiger partial charge on any atom is 0.240 e. The average Bonchev–Trinajstić information content (AvgIpc) is 3.50. The van der Waals surface area contributed by atoms with Gasteiger partial charge >= 0.3 is 0 Å². The highest BCUT2D eigenvalue weighted by molar-refractivity contribution is 7.89. The molecule has 33 heavy (non-hydrogen) atoms. The van der Waals surface area contributed by atoms with E-state index in [-0.39, 0.29) is 23.3 Å². The van der Waals surface area contributed by atoms with Crippen molar-refractivity contribution >= 4 is 21.6 Å². The lowest BCUT2D eigenvalue weighted by Gasteiger charge is -2.10. The molecule has 4 rings (SSSR count). The number of sulfonamides is 1. The quantitative estimate of drug-likeness (QED) is 0.363. The molecule has 174 valence electrons. The molecule has 0 aliphatic heterocycles. The number of nitrogens with zero attached hydrogens (tertiary/aromatic N) is 2. The molecule has 0 saturated heterocycles. The van der Waals surface area contributed by atoms with Crippen LogP contribution >= 0.6 is 0 Å². The third-order valence-corrected chi connectivity index (χ3v) is 6.56. The molecule has 0 bridgehead atoms. The Labute approximate surface area is 191 Å². The van der Waals surface area contributed by atoms with Crippen LogP contribution in [0.15, 0.2) is 57.9 Å². The van der Waals surface area contributed by atoms with Crippen molar-refractivity contribution in [2.75, 3.05) is 12.5 Å². The molecule has 1 fully saturated rings. The SMILES string of the molecule is COc1ccc(-c2noc(CCCC(=O)NNc3ccc(S(=O)(=O)NC4CC4)cc3)n2)cc1. The van der Waals surface area contributed by atoms with Gasteiger partial charge in [0, 0.05) is 24.4 Å². The van der Waals surface area contributed by atoms with Gasteiger partial charge in [0.1, 0.15) is 5.75 Å². The number of aromatic nitrogens is 2. The molecule has 2 aromatic carbocycles. The van der Waals surface area contributed by atoms with Crippen molar-refractivity contribution in [3.8, 4) is 17.1 Å². The number of carbonyl (C=O) groups excluding carboxylic acids is 1. The van der Waals surface area contributed by atoms with Crippen molar-refractivity contribution < 1.29 is 22.5 Å². The Bertz CT molecular complexity index is 1190. The van der Waals surface area contributed by atoms with Crippen LogP contribution in [0, 0.1) is 0 Å². The Balaban J connectivity index is 1.19. The Hall–Kier alpha value is -3.44. The molecule has 3 N–H and O–H groups in total. The lowest BCUT2D eigenvalue weighted by Crippen LogP contribution is -2.29. The van der Waals surface area contributed by atoms with Gasteiger partial charge in [-0.05, 0) is 67.8 Å². The monoisotopic (exact) mass is 471 g/mol. The zero-order valence-electron chi connectivity index (χ0n) is 18.1. The fourth-order valence-electron chi connectivity index (χ4n) is 3.02. The van der Waals surface area contributed by atoms with Crippen molar-refractivity contribution in [3.05, 3.63) is 54.4 Å². The zero-order valence-corrected chi connectivity index (χ0v) is 18.9. The minimum Gasteiger partial charge on any atom is -0.497 e. The summed E-state index contributed by atoms with van der Waals surface area (Å²) in [5.74, 6) is 1.47. The summed E-state index contributed by atoms with van der Waals surface area (Å²) in [6.07, 6.45) is 3.01. The predicted molar refractivity (Wildman–Crippen MR) is 121 cm³/mol. The van der Waals surface area contributed by atoms with Gasteiger partial charge in [0.15, 0.2) is 0 Å². The molecule has 0 unspecified atom stereocenters. The van der Waals surface area contributed by atoms with Crippen LogP contribution in [0.4, 0.5) is 5.69 Å². The van der Waals surface area contributed by atoms with E-state index in [1.165, 1.54) is 12.1 Å². The summed E-state index contributed by atoms with van der Waals surface area (Å²) in [6, 6.07) is 13.6. The number of anilines is 1. The minimum absolute atomic E-state index is 0.0493. The zero-order chi connectivity index (χ0) is 23.3. The summed E-state index contributed by atoms with van der Waals surface area (Å²) in [5, 5.41) is 3.97. The number of hydrogen-bond donors (Lipinski definition) is 3. The van der Waals surface area contributed by atoms with E-state index in [9.17, 15) is 13.2 Å². The smallest absolute Gasteiger partial charge is 0.240 e. The normalized spacial score (nSPS) is 13.5. The number of methoxy groups -OCH3 is 1. The molecule has 1 amide bonds. The van der Waals surface area contributed by atoms with Crippen LogP contribution in [0.2, 0.25) is 0 Å². The fraction of sp³-hybridized carbons (Fsp3) is 0.318. The number of hydrazine groups is 1. The van der Waals surface area contributed by atoms with Crippen LogP contribution < -0.4 is 20.3 Å². The Morgan fingerprint density at radius 2 is 1.85 bits per heavy atom. The highest BCUT2D eigenvalue weighted by Gasteiger charge is 2.27. The second kappa shape index (κ2) is 10.0. The third kappa shape index (κ3) is 6.30. The molecule has 0 radical (unpaired) electrons. The van der Waals surface area contributed by atoms with Gasteiger partial charge in [-0.1, -0.05) is 5.16 Å². The van der Waals surface area contributed by atoms with Crippen LogP contribution in [0.1, 0.15) is 31.6 Å². The van der Waals surface area contributed by atoms with Gasteiger partial charge in [-0.25, -0.2) is 13.1 Å². The highest BCUT2D eigenvalue weighted by Crippen LogP contribution is 2.23. The van der Waals surface area contributed by atoms with E-state index < -0.39 is 10.0 Å². The summed E-state index contributed by atoms with van der Waals surface area (Å²) in [4.78, 5) is 16.6. The first-order valence-electron chi connectivity index (χ1n) is 10.6. The van der Waals surface area contributed by atoms with E-state index in [0.717, 1.165) is 24.2 Å². The number of benzene rings is 2. The highest BCUT2D eigenvalue weighted by atomic mass is 32.2. The first-order chi connectivity index (χ1) is 15.9. The number of carbonyl (C=O) groups is 1. The van der Waals surface area contributed by atoms with E-state index >= 15 is 0 Å². The Morgan fingerprint density at radius 1 is 1.12 bits per heavy atom. The molecule has 3 aromatic rings. The van der Waals surface area contributed by atoms with E-state index in [4.69, 9.17) is 9.26 Å². The number of ether oxygens (including phenoxy) is 1. The predicted octanol–water partition coefficient (Wildman–Crippen LogP) is 2.65. The first kappa shape index (κ1) is 22.7. The first-order valence-corrected chi connectivity index (χ1v) is 12.1. The largest absolute Gasteiger partial charge is 0.497 e. The van der Waals surface area contributed by atoms with Gasteiger partial charge in [0.2, 0.25) is 27.6 Å². The third-order valence-electron chi connectivity index (χ3n) is 5.02. The lowest BCUT2D eigenvalue weighted by molar-refractivity contribution is -0.120. The molecular weight excluding hydrogens is 446 g/mol. The van der Waals surface area contributed by atoms with Crippen LogP contribution in [-0.2, 0) is 21.2 Å². The fourth-order valence-corrected chi connectivity index (χ4v) is 4.33. The molecule has 10 nitrogen and oxygen atoms in total. The van der Waals surface area contributed by atoms with Gasteiger partial charge in [-0.15, -0.1) is 0 Å². The Kier molecular flexibility index (Phi) is 6.90. The number of nitrogens with one attached hydrogen (secondary N) is 3. The molecule has 1 aromatic heterocycles. The summed E-state index contributed by atoms with van der Waals surface area (Å²) in [5.41, 5.74) is 6.77. The standard InChI is InChI=1S/C22H25N5O5S/c1-31-18-11-5-15(6-12-18)22-23-21(32-26-22)4-2-3-20(28)25-24-16-9-13-19(14-10-16)33(29,30)27-17-7-8-17/h5-6,9-14,17,24,27H,2-4,7-8H2,1H3,(H,25,28). The van der Waals surface area contributed by atoms with Crippen LogP contribution in [0.3, 0.4) is 0 Å². The van der Waals surface area contributed by atoms with Crippen molar-refractivity contribution in [3.63, 3.8) is 0 Å². The molecule has 1 saturated carbocycles. The van der Waals surface area contributed by atoms with Gasteiger partial charge in [0.05, 0.1) is 17.7 Å². The number of rotatable bonds is 11.